The molecule has 1 fully saturated rings. The quantitative estimate of drug-likeness (QED) is 0.479. The minimum absolute atomic E-state index is 0.0473. The van der Waals surface area contributed by atoms with Crippen LogP contribution in [0.5, 0.6) is 5.75 Å². The van der Waals surface area contributed by atoms with Crippen molar-refractivity contribution in [1.29, 1.82) is 0 Å². The second kappa shape index (κ2) is 9.80. The van der Waals surface area contributed by atoms with Crippen LogP contribution in [-0.2, 0) is 4.79 Å². The predicted molar refractivity (Wildman–Crippen MR) is 130 cm³/mol. The molecule has 0 bridgehead atoms. The molecule has 0 saturated carbocycles. The Morgan fingerprint density at radius 3 is 2.40 bits per heavy atom. The van der Waals surface area contributed by atoms with Crippen LogP contribution in [0.15, 0.2) is 88.7 Å². The number of ketones is 1. The first-order valence-corrected chi connectivity index (χ1v) is 11.8. The molecule has 1 saturated heterocycles. The number of aliphatic hydroxyl groups excluding tert-OH is 1. The molecule has 5 rings (SSSR count). The van der Waals surface area contributed by atoms with E-state index in [2.05, 4.69) is 4.90 Å². The molecule has 3 heterocycles. The van der Waals surface area contributed by atoms with Gasteiger partial charge in [0.15, 0.2) is 11.5 Å². The molecule has 0 radical (unpaired) electrons. The molecule has 2 aliphatic rings. The van der Waals surface area contributed by atoms with Gasteiger partial charge in [-0.2, -0.15) is 0 Å². The summed E-state index contributed by atoms with van der Waals surface area (Å²) < 4.78 is 10.6. The predicted octanol–water partition coefficient (Wildman–Crippen LogP) is 4.70. The largest absolute Gasteiger partial charge is 0.503 e. The van der Waals surface area contributed by atoms with E-state index in [9.17, 15) is 14.7 Å². The first-order chi connectivity index (χ1) is 17.1. The second-order valence-corrected chi connectivity index (χ2v) is 8.87. The summed E-state index contributed by atoms with van der Waals surface area (Å²) >= 11 is 0. The number of rotatable bonds is 8. The maximum absolute atomic E-state index is 13.5. The second-order valence-electron chi connectivity index (χ2n) is 8.87. The maximum atomic E-state index is 13.5. The van der Waals surface area contributed by atoms with Crippen LogP contribution in [-0.4, -0.2) is 53.3 Å². The topological polar surface area (TPSA) is 83.2 Å². The number of carbonyl (C=O) groups excluding carboxylic acids is 2. The van der Waals surface area contributed by atoms with E-state index in [1.807, 2.05) is 54.6 Å². The van der Waals surface area contributed by atoms with Gasteiger partial charge in [0.05, 0.1) is 31.0 Å². The minimum atomic E-state index is -0.718. The molecular weight excluding hydrogens is 444 g/mol. The number of carbonyl (C=O) groups is 2. The Kier molecular flexibility index (Phi) is 6.42. The van der Waals surface area contributed by atoms with Gasteiger partial charge < -0.3 is 19.2 Å². The van der Waals surface area contributed by atoms with E-state index in [1.54, 1.807) is 24.1 Å². The molecule has 7 nitrogen and oxygen atoms in total. The number of amides is 1. The first-order valence-electron chi connectivity index (χ1n) is 11.8. The molecule has 2 aliphatic heterocycles. The zero-order valence-corrected chi connectivity index (χ0v) is 19.6. The van der Waals surface area contributed by atoms with Crippen molar-refractivity contribution in [2.24, 2.45) is 0 Å². The molecule has 2 unspecified atom stereocenters. The molecule has 3 aromatic rings. The van der Waals surface area contributed by atoms with E-state index in [4.69, 9.17) is 9.15 Å². The summed E-state index contributed by atoms with van der Waals surface area (Å²) in [5.74, 6) is -0.701. The Morgan fingerprint density at radius 1 is 1.06 bits per heavy atom. The molecule has 0 aliphatic carbocycles. The van der Waals surface area contributed by atoms with Gasteiger partial charge in [0.2, 0.25) is 5.78 Å². The standard InChI is InChI=1S/C28H28N2O5/c1-34-21-13-11-19(12-14-21)22(29-15-5-6-16-29)18-30-25(20-8-3-2-4-9-20)24(27(32)28(30)33)26(31)23-10-7-17-35-23/h2-4,7-14,17,22,25,32H,5-6,15-16,18H2,1H3. The average Bonchev–Trinajstić information content (AvgIpc) is 3.66. The Morgan fingerprint density at radius 2 is 1.77 bits per heavy atom. The van der Waals surface area contributed by atoms with Crippen molar-refractivity contribution >= 4 is 11.7 Å². The lowest BCUT2D eigenvalue weighted by Gasteiger charge is -2.35. The van der Waals surface area contributed by atoms with Gasteiger partial charge in [0, 0.05) is 6.54 Å². The lowest BCUT2D eigenvalue weighted by Crippen LogP contribution is -2.40. The fourth-order valence-electron chi connectivity index (χ4n) is 5.09. The number of furan rings is 1. The molecule has 2 aromatic carbocycles. The van der Waals surface area contributed by atoms with Crippen molar-refractivity contribution < 1.29 is 23.8 Å². The highest BCUT2D eigenvalue weighted by Gasteiger charge is 2.45. The number of hydrogen-bond acceptors (Lipinski definition) is 6. The van der Waals surface area contributed by atoms with Crippen molar-refractivity contribution in [3.8, 4) is 5.75 Å². The molecule has 180 valence electrons. The van der Waals surface area contributed by atoms with Gasteiger partial charge in [0.1, 0.15) is 5.75 Å². The van der Waals surface area contributed by atoms with Crippen LogP contribution in [0.4, 0.5) is 0 Å². The highest BCUT2D eigenvalue weighted by molar-refractivity contribution is 6.15. The molecule has 2 atom stereocenters. The monoisotopic (exact) mass is 472 g/mol. The normalized spacial score (nSPS) is 19.4. The van der Waals surface area contributed by atoms with E-state index >= 15 is 0 Å². The Bertz CT molecular complexity index is 1210. The first kappa shape index (κ1) is 22.9. The van der Waals surface area contributed by atoms with Crippen molar-refractivity contribution in [2.45, 2.75) is 24.9 Å². The summed E-state index contributed by atoms with van der Waals surface area (Å²) in [6, 6.07) is 19.6. The van der Waals surface area contributed by atoms with Gasteiger partial charge in [-0.15, -0.1) is 0 Å². The van der Waals surface area contributed by atoms with Gasteiger partial charge in [-0.25, -0.2) is 0 Å². The Hall–Kier alpha value is -3.84. The number of hydrogen-bond donors (Lipinski definition) is 1. The number of likely N-dealkylation sites (tertiary alicyclic amines) is 1. The summed E-state index contributed by atoms with van der Waals surface area (Å²) in [5, 5.41) is 10.9. The zero-order chi connectivity index (χ0) is 24.4. The number of nitrogens with zero attached hydrogens (tertiary/aromatic N) is 2. The molecule has 1 aromatic heterocycles. The summed E-state index contributed by atoms with van der Waals surface area (Å²) in [6.07, 6.45) is 3.59. The number of methoxy groups -OCH3 is 1. The van der Waals surface area contributed by atoms with Crippen LogP contribution in [0.2, 0.25) is 0 Å². The van der Waals surface area contributed by atoms with E-state index in [0.29, 0.717) is 6.54 Å². The van der Waals surface area contributed by atoms with Crippen molar-refractivity contribution in [3.63, 3.8) is 0 Å². The van der Waals surface area contributed by atoms with Crippen molar-refractivity contribution in [1.82, 2.24) is 9.80 Å². The van der Waals surface area contributed by atoms with Crippen molar-refractivity contribution in [3.05, 3.63) is 101 Å². The summed E-state index contributed by atoms with van der Waals surface area (Å²) in [6.45, 7) is 2.17. The summed E-state index contributed by atoms with van der Waals surface area (Å²) in [4.78, 5) is 30.8. The Labute approximate surface area is 204 Å². The van der Waals surface area contributed by atoms with Crippen LogP contribution >= 0.6 is 0 Å². The molecule has 35 heavy (non-hydrogen) atoms. The van der Waals surface area contributed by atoms with Gasteiger partial charge in [-0.1, -0.05) is 42.5 Å². The number of Topliss-reactive ketones (excluding diaryl/α,β-unsaturated/α-hetero) is 1. The fourth-order valence-corrected chi connectivity index (χ4v) is 5.09. The fraction of sp³-hybridized carbons (Fsp3) is 0.286. The number of benzene rings is 2. The summed E-state index contributed by atoms with van der Waals surface area (Å²) in [5.41, 5.74) is 1.86. The van der Waals surface area contributed by atoms with E-state index < -0.39 is 23.5 Å². The van der Waals surface area contributed by atoms with Gasteiger partial charge in [-0.05, 0) is 61.3 Å². The van der Waals surface area contributed by atoms with Crippen LogP contribution < -0.4 is 4.74 Å². The van der Waals surface area contributed by atoms with Crippen LogP contribution in [0.25, 0.3) is 0 Å². The van der Waals surface area contributed by atoms with Gasteiger partial charge >= 0.3 is 0 Å². The number of aliphatic hydroxyl groups is 1. The molecule has 1 N–H and O–H groups in total. The van der Waals surface area contributed by atoms with E-state index in [-0.39, 0.29) is 17.4 Å². The third-order valence-electron chi connectivity index (χ3n) is 6.86. The SMILES string of the molecule is COc1ccc(C(CN2C(=O)C(O)=C(C(=O)c3ccco3)C2c2ccccc2)N2CCCC2)cc1. The number of ether oxygens (including phenoxy) is 1. The minimum Gasteiger partial charge on any atom is -0.503 e. The smallest absolute Gasteiger partial charge is 0.290 e. The molecule has 0 spiro atoms. The lowest BCUT2D eigenvalue weighted by molar-refractivity contribution is -0.130. The zero-order valence-electron chi connectivity index (χ0n) is 19.6. The molecule has 7 heteroatoms. The van der Waals surface area contributed by atoms with E-state index in [1.165, 1.54) is 6.26 Å². The van der Waals surface area contributed by atoms with Crippen LogP contribution in [0.1, 0.15) is 46.6 Å². The molecule has 1 amide bonds. The van der Waals surface area contributed by atoms with E-state index in [0.717, 1.165) is 42.8 Å². The van der Waals surface area contributed by atoms with Crippen LogP contribution in [0.3, 0.4) is 0 Å². The molecular formula is C28H28N2O5. The Balaban J connectivity index is 1.54. The summed E-state index contributed by atoms with van der Waals surface area (Å²) in [7, 11) is 1.63. The third kappa shape index (κ3) is 4.35. The van der Waals surface area contributed by atoms with Crippen LogP contribution in [0, 0.1) is 0 Å². The maximum Gasteiger partial charge on any atom is 0.290 e. The average molecular weight is 473 g/mol. The lowest BCUT2D eigenvalue weighted by atomic mass is 9.94. The van der Waals surface area contributed by atoms with Crippen molar-refractivity contribution in [2.75, 3.05) is 26.7 Å². The highest BCUT2D eigenvalue weighted by atomic mass is 16.5. The van der Waals surface area contributed by atoms with Gasteiger partial charge in [-0.3, -0.25) is 14.5 Å². The third-order valence-corrected chi connectivity index (χ3v) is 6.86. The highest BCUT2D eigenvalue weighted by Crippen LogP contribution is 2.41. The van der Waals surface area contributed by atoms with Gasteiger partial charge in [0.25, 0.3) is 5.91 Å².